The van der Waals surface area contributed by atoms with Crippen LogP contribution in [-0.4, -0.2) is 46.4 Å². The highest BCUT2D eigenvalue weighted by atomic mass is 35.5. The average molecular weight is 503 g/mol. The summed E-state index contributed by atoms with van der Waals surface area (Å²) in [5, 5.41) is 0.851. The Morgan fingerprint density at radius 2 is 1.76 bits per heavy atom. The van der Waals surface area contributed by atoms with Crippen molar-refractivity contribution in [1.82, 2.24) is 14.8 Å². The number of benzene rings is 1. The maximum Gasteiger partial charge on any atom is 0.222 e. The fourth-order valence-corrected chi connectivity index (χ4v) is 6.28. The standard InChI is InChI=1S/C28H36ClN3O.ClH/c29-27-18-22(24-11-12-25(30-19-24)20-31-13-2-1-3-14-31)9-10-23(27)16-21-6-4-7-26(17-21)32-15-5-8-28(32)33;/h9-12,18-19,21,26H,1-8,13-17,20H2;1H. The average Bonchev–Trinajstić information content (AvgIpc) is 3.28. The van der Waals surface area contributed by atoms with E-state index in [0.717, 1.165) is 67.0 Å². The van der Waals surface area contributed by atoms with Crippen LogP contribution in [0.3, 0.4) is 0 Å². The van der Waals surface area contributed by atoms with Crippen molar-refractivity contribution in [2.45, 2.75) is 76.8 Å². The lowest BCUT2D eigenvalue weighted by molar-refractivity contribution is -0.130. The van der Waals surface area contributed by atoms with E-state index in [-0.39, 0.29) is 12.4 Å². The number of carbonyl (C=O) groups is 1. The zero-order valence-electron chi connectivity index (χ0n) is 20.1. The van der Waals surface area contributed by atoms with E-state index in [2.05, 4.69) is 40.1 Å². The third-order valence-corrected chi connectivity index (χ3v) is 8.21. The molecule has 4 nitrogen and oxygen atoms in total. The summed E-state index contributed by atoms with van der Waals surface area (Å²) in [6, 6.07) is 11.3. The number of pyridine rings is 1. The smallest absolute Gasteiger partial charge is 0.222 e. The number of carbonyl (C=O) groups excluding carboxylic acids is 1. The Balaban J connectivity index is 0.00000274. The molecule has 3 fully saturated rings. The quantitative estimate of drug-likeness (QED) is 0.451. The topological polar surface area (TPSA) is 36.4 Å². The van der Waals surface area contributed by atoms with E-state index >= 15 is 0 Å². The molecule has 3 heterocycles. The number of nitrogens with zero attached hydrogens (tertiary/aromatic N) is 3. The molecule has 0 bridgehead atoms. The van der Waals surface area contributed by atoms with Crippen LogP contribution < -0.4 is 0 Å². The van der Waals surface area contributed by atoms with Gasteiger partial charge in [-0.2, -0.15) is 0 Å². The van der Waals surface area contributed by atoms with Crippen molar-refractivity contribution >= 4 is 29.9 Å². The third kappa shape index (κ3) is 6.13. The molecule has 5 rings (SSSR count). The van der Waals surface area contributed by atoms with E-state index in [9.17, 15) is 4.79 Å². The van der Waals surface area contributed by atoms with Crippen LogP contribution >= 0.6 is 24.0 Å². The van der Waals surface area contributed by atoms with Gasteiger partial charge in [0, 0.05) is 42.3 Å². The second kappa shape index (κ2) is 11.9. The van der Waals surface area contributed by atoms with Gasteiger partial charge in [0.2, 0.25) is 5.91 Å². The maximum absolute atomic E-state index is 12.2. The fourth-order valence-electron chi connectivity index (χ4n) is 6.03. The van der Waals surface area contributed by atoms with Gasteiger partial charge in [-0.25, -0.2) is 0 Å². The van der Waals surface area contributed by atoms with Gasteiger partial charge < -0.3 is 4.90 Å². The van der Waals surface area contributed by atoms with E-state index in [1.165, 1.54) is 50.8 Å². The first kappa shape index (κ1) is 25.5. The summed E-state index contributed by atoms with van der Waals surface area (Å²) < 4.78 is 0. The van der Waals surface area contributed by atoms with E-state index in [1.54, 1.807) is 0 Å². The summed E-state index contributed by atoms with van der Waals surface area (Å²) in [6.07, 6.45) is 13.5. The largest absolute Gasteiger partial charge is 0.340 e. The highest BCUT2D eigenvalue weighted by molar-refractivity contribution is 6.31. The SMILES string of the molecule is Cl.O=C1CCCN1C1CCCC(Cc2ccc(-c3ccc(CN4CCCCC4)nc3)cc2Cl)C1. The summed E-state index contributed by atoms with van der Waals surface area (Å²) in [4.78, 5) is 21.6. The van der Waals surface area contributed by atoms with Gasteiger partial charge in [-0.05, 0) is 87.2 Å². The van der Waals surface area contributed by atoms with Gasteiger partial charge >= 0.3 is 0 Å². The fraction of sp³-hybridized carbons (Fsp3) is 0.571. The van der Waals surface area contributed by atoms with Crippen molar-refractivity contribution in [1.29, 1.82) is 0 Å². The molecule has 6 heteroatoms. The Labute approximate surface area is 215 Å². The minimum absolute atomic E-state index is 0. The van der Waals surface area contributed by atoms with Gasteiger partial charge in [0.25, 0.3) is 0 Å². The molecule has 2 atom stereocenters. The number of halogens is 2. The Morgan fingerprint density at radius 1 is 0.941 bits per heavy atom. The van der Waals surface area contributed by atoms with Crippen LogP contribution in [0.1, 0.15) is 69.0 Å². The lowest BCUT2D eigenvalue weighted by Gasteiger charge is -2.35. The molecule has 1 saturated carbocycles. The van der Waals surface area contributed by atoms with Crippen LogP contribution in [0.4, 0.5) is 0 Å². The molecule has 3 aliphatic rings. The molecule has 1 aliphatic carbocycles. The van der Waals surface area contributed by atoms with E-state index in [0.29, 0.717) is 17.9 Å². The van der Waals surface area contributed by atoms with Crippen LogP contribution in [0.5, 0.6) is 0 Å². The molecule has 2 aliphatic heterocycles. The molecular weight excluding hydrogens is 465 g/mol. The van der Waals surface area contributed by atoms with Gasteiger partial charge in [0.05, 0.1) is 5.69 Å². The van der Waals surface area contributed by atoms with Crippen molar-refractivity contribution in [2.24, 2.45) is 5.92 Å². The van der Waals surface area contributed by atoms with E-state index < -0.39 is 0 Å². The highest BCUT2D eigenvalue weighted by Gasteiger charge is 2.32. The van der Waals surface area contributed by atoms with Crippen molar-refractivity contribution < 1.29 is 4.79 Å². The van der Waals surface area contributed by atoms with Crippen molar-refractivity contribution in [3.63, 3.8) is 0 Å². The van der Waals surface area contributed by atoms with Gasteiger partial charge in [-0.1, -0.05) is 42.6 Å². The molecule has 1 aromatic heterocycles. The van der Waals surface area contributed by atoms with Crippen LogP contribution in [-0.2, 0) is 17.8 Å². The molecular formula is C28H37Cl2N3O. The zero-order valence-corrected chi connectivity index (χ0v) is 21.6. The van der Waals surface area contributed by atoms with Crippen LogP contribution in [0.25, 0.3) is 11.1 Å². The number of likely N-dealkylation sites (tertiary alicyclic amines) is 2. The molecule has 2 unspecified atom stereocenters. The first-order valence-corrected chi connectivity index (χ1v) is 13.3. The lowest BCUT2D eigenvalue weighted by Crippen LogP contribution is -2.39. The first-order chi connectivity index (χ1) is 16.2. The van der Waals surface area contributed by atoms with Crippen molar-refractivity contribution in [3.8, 4) is 11.1 Å². The monoisotopic (exact) mass is 501 g/mol. The molecule has 0 spiro atoms. The summed E-state index contributed by atoms with van der Waals surface area (Å²) in [7, 11) is 0. The second-order valence-electron chi connectivity index (χ2n) is 10.3. The first-order valence-electron chi connectivity index (χ1n) is 12.9. The second-order valence-corrected chi connectivity index (χ2v) is 10.7. The highest BCUT2D eigenvalue weighted by Crippen LogP contribution is 2.34. The molecule has 184 valence electrons. The van der Waals surface area contributed by atoms with Gasteiger partial charge in [-0.3, -0.25) is 14.7 Å². The number of amides is 1. The van der Waals surface area contributed by atoms with Crippen LogP contribution in [0, 0.1) is 5.92 Å². The summed E-state index contributed by atoms with van der Waals surface area (Å²) >= 11 is 6.75. The zero-order chi connectivity index (χ0) is 22.6. The number of aromatic nitrogens is 1. The van der Waals surface area contributed by atoms with Gasteiger partial charge in [0.1, 0.15) is 0 Å². The van der Waals surface area contributed by atoms with Crippen LogP contribution in [0.15, 0.2) is 36.5 Å². The molecule has 2 saturated heterocycles. The molecule has 1 aromatic carbocycles. The number of piperidine rings is 1. The minimum Gasteiger partial charge on any atom is -0.340 e. The Hall–Kier alpha value is -1.62. The molecule has 0 N–H and O–H groups in total. The minimum atomic E-state index is 0. The van der Waals surface area contributed by atoms with Gasteiger partial charge in [0.15, 0.2) is 0 Å². The molecule has 34 heavy (non-hydrogen) atoms. The molecule has 1 amide bonds. The van der Waals surface area contributed by atoms with Crippen LogP contribution in [0.2, 0.25) is 5.02 Å². The lowest BCUT2D eigenvalue weighted by atomic mass is 9.81. The summed E-state index contributed by atoms with van der Waals surface area (Å²) in [5.41, 5.74) is 4.63. The third-order valence-electron chi connectivity index (χ3n) is 7.86. The van der Waals surface area contributed by atoms with E-state index in [4.69, 9.17) is 16.6 Å². The molecule has 0 radical (unpaired) electrons. The Bertz CT molecular complexity index is 959. The predicted molar refractivity (Wildman–Crippen MR) is 141 cm³/mol. The number of rotatable bonds is 6. The number of hydrogen-bond donors (Lipinski definition) is 0. The normalized spacial score (nSPS) is 23.7. The maximum atomic E-state index is 12.2. The summed E-state index contributed by atoms with van der Waals surface area (Å²) in [5.74, 6) is 0.967. The van der Waals surface area contributed by atoms with Gasteiger partial charge in [-0.15, -0.1) is 12.4 Å². The van der Waals surface area contributed by atoms with Crippen molar-refractivity contribution in [3.05, 3.63) is 52.8 Å². The predicted octanol–water partition coefficient (Wildman–Crippen LogP) is 6.53. The van der Waals surface area contributed by atoms with E-state index in [1.807, 2.05) is 6.20 Å². The number of hydrogen-bond acceptors (Lipinski definition) is 3. The Kier molecular flexibility index (Phi) is 8.90. The summed E-state index contributed by atoms with van der Waals surface area (Å²) in [6.45, 7) is 4.29. The Morgan fingerprint density at radius 3 is 2.47 bits per heavy atom. The molecule has 2 aromatic rings. The van der Waals surface area contributed by atoms with Crippen molar-refractivity contribution in [2.75, 3.05) is 19.6 Å².